The van der Waals surface area contributed by atoms with Gasteiger partial charge in [-0.1, -0.05) is 12.1 Å². The van der Waals surface area contributed by atoms with Crippen molar-refractivity contribution in [2.75, 3.05) is 19.7 Å². The lowest BCUT2D eigenvalue weighted by molar-refractivity contribution is -0.119. The molecule has 1 aromatic carbocycles. The van der Waals surface area contributed by atoms with E-state index in [1.165, 1.54) is 5.57 Å². The first-order valence-corrected chi connectivity index (χ1v) is 12.5. The number of hydrogen-bond donors (Lipinski definition) is 0. The molecule has 3 heterocycles. The van der Waals surface area contributed by atoms with Gasteiger partial charge in [0.2, 0.25) is 11.8 Å². The van der Waals surface area contributed by atoms with Gasteiger partial charge in [-0.25, -0.2) is 9.78 Å². The van der Waals surface area contributed by atoms with Crippen molar-refractivity contribution in [3.05, 3.63) is 46.6 Å². The Morgan fingerprint density at radius 1 is 1.29 bits per heavy atom. The average Bonchev–Trinajstić information content (AvgIpc) is 3.29. The lowest BCUT2D eigenvalue weighted by Crippen LogP contribution is -2.35. The molecule has 5 rings (SSSR count). The van der Waals surface area contributed by atoms with Crippen LogP contribution in [0.5, 0.6) is 0 Å². The zero-order chi connectivity index (χ0) is 24.4. The SMILES string of the molecule is CCOC(=O)N1CC=C(c2ccc3nc(Cc4nnc(CC(=O)CC5(C#N)CC5)o4)sc3c2)CC1. The molecule has 0 radical (unpaired) electrons. The van der Waals surface area contributed by atoms with Crippen LogP contribution in [-0.4, -0.2) is 51.7 Å². The number of benzene rings is 1. The van der Waals surface area contributed by atoms with Gasteiger partial charge in [-0.15, -0.1) is 21.5 Å². The van der Waals surface area contributed by atoms with E-state index in [0.29, 0.717) is 32.0 Å². The number of ether oxygens (including phenoxy) is 1. The molecular formula is C25H25N5O4S. The maximum atomic E-state index is 12.2. The summed E-state index contributed by atoms with van der Waals surface area (Å²) in [7, 11) is 0. The van der Waals surface area contributed by atoms with Gasteiger partial charge in [0.15, 0.2) is 0 Å². The van der Waals surface area contributed by atoms with E-state index in [9.17, 15) is 9.59 Å². The van der Waals surface area contributed by atoms with Crippen LogP contribution in [0.3, 0.4) is 0 Å². The summed E-state index contributed by atoms with van der Waals surface area (Å²) >= 11 is 1.57. The number of ketones is 1. The molecule has 10 heteroatoms. The first kappa shape index (κ1) is 23.2. The number of hydrogen-bond acceptors (Lipinski definition) is 9. The third-order valence-electron chi connectivity index (χ3n) is 6.32. The van der Waals surface area contributed by atoms with Crippen LogP contribution < -0.4 is 0 Å². The smallest absolute Gasteiger partial charge is 0.410 e. The van der Waals surface area contributed by atoms with Gasteiger partial charge in [-0.2, -0.15) is 5.26 Å². The molecule has 0 unspecified atom stereocenters. The van der Waals surface area contributed by atoms with Crippen LogP contribution in [0, 0.1) is 16.7 Å². The number of thiazole rings is 1. The predicted molar refractivity (Wildman–Crippen MR) is 129 cm³/mol. The molecule has 1 amide bonds. The summed E-state index contributed by atoms with van der Waals surface area (Å²) in [6.45, 7) is 3.36. The second kappa shape index (κ2) is 9.58. The Hall–Kier alpha value is -3.58. The monoisotopic (exact) mass is 491 g/mol. The van der Waals surface area contributed by atoms with E-state index >= 15 is 0 Å². The fourth-order valence-electron chi connectivity index (χ4n) is 4.21. The highest BCUT2D eigenvalue weighted by molar-refractivity contribution is 7.18. The van der Waals surface area contributed by atoms with E-state index < -0.39 is 5.41 Å². The fraction of sp³-hybridized carbons (Fsp3) is 0.440. The molecule has 0 atom stereocenters. The van der Waals surface area contributed by atoms with Crippen molar-refractivity contribution >= 4 is 39.0 Å². The molecule has 35 heavy (non-hydrogen) atoms. The first-order chi connectivity index (χ1) is 17.0. The summed E-state index contributed by atoms with van der Waals surface area (Å²) in [6.07, 6.45) is 4.85. The molecule has 1 fully saturated rings. The molecule has 9 nitrogen and oxygen atoms in total. The highest BCUT2D eigenvalue weighted by Gasteiger charge is 2.44. The maximum absolute atomic E-state index is 12.2. The maximum Gasteiger partial charge on any atom is 0.410 e. The van der Waals surface area contributed by atoms with Gasteiger partial charge in [-0.05, 0) is 49.5 Å². The summed E-state index contributed by atoms with van der Waals surface area (Å²) in [5.74, 6) is 0.653. The number of carbonyl (C=O) groups is 2. The number of nitriles is 1. The summed E-state index contributed by atoms with van der Waals surface area (Å²) in [5, 5.41) is 18.1. The van der Waals surface area contributed by atoms with Crippen LogP contribution in [0.15, 0.2) is 28.7 Å². The Bertz CT molecular complexity index is 1350. The molecule has 1 saturated carbocycles. The van der Waals surface area contributed by atoms with E-state index in [1.54, 1.807) is 16.2 Å². The number of amides is 1. The number of fused-ring (bicyclic) bond motifs is 1. The molecule has 0 bridgehead atoms. The molecule has 1 aliphatic carbocycles. The Kier molecular flexibility index (Phi) is 6.34. The number of nitrogens with zero attached hydrogens (tertiary/aromatic N) is 5. The van der Waals surface area contributed by atoms with Crippen molar-refractivity contribution in [3.8, 4) is 6.07 Å². The summed E-state index contributed by atoms with van der Waals surface area (Å²) in [5.41, 5.74) is 2.77. The minimum absolute atomic E-state index is 0.0471. The van der Waals surface area contributed by atoms with Gasteiger partial charge in [-0.3, -0.25) is 4.79 Å². The molecule has 1 aliphatic heterocycles. The number of Topliss-reactive ketones (excluding diaryl/α,β-unsaturated/α-hetero) is 1. The summed E-state index contributed by atoms with van der Waals surface area (Å²) < 4.78 is 11.8. The number of aromatic nitrogens is 3. The lowest BCUT2D eigenvalue weighted by Gasteiger charge is -2.25. The Balaban J connectivity index is 1.22. The van der Waals surface area contributed by atoms with Crippen LogP contribution >= 0.6 is 11.3 Å². The minimum atomic E-state index is -0.465. The second-order valence-electron chi connectivity index (χ2n) is 8.97. The number of rotatable bonds is 8. The van der Waals surface area contributed by atoms with Crippen LogP contribution in [0.25, 0.3) is 15.8 Å². The molecule has 0 saturated heterocycles. The fourth-order valence-corrected chi connectivity index (χ4v) is 5.21. The van der Waals surface area contributed by atoms with E-state index in [4.69, 9.17) is 14.4 Å². The van der Waals surface area contributed by atoms with Gasteiger partial charge in [0.05, 0.1) is 41.1 Å². The Labute approximate surface area is 206 Å². The van der Waals surface area contributed by atoms with Gasteiger partial charge in [0, 0.05) is 19.5 Å². The molecule has 0 spiro atoms. The second-order valence-corrected chi connectivity index (χ2v) is 10.1. The highest BCUT2D eigenvalue weighted by Crippen LogP contribution is 2.48. The van der Waals surface area contributed by atoms with Gasteiger partial charge < -0.3 is 14.1 Å². The third kappa shape index (κ3) is 5.25. The lowest BCUT2D eigenvalue weighted by atomic mass is 9.99. The van der Waals surface area contributed by atoms with Crippen molar-refractivity contribution in [1.82, 2.24) is 20.1 Å². The molecule has 180 valence electrons. The van der Waals surface area contributed by atoms with Crippen molar-refractivity contribution in [1.29, 1.82) is 5.26 Å². The van der Waals surface area contributed by atoms with Gasteiger partial charge in [0.25, 0.3) is 0 Å². The minimum Gasteiger partial charge on any atom is -0.450 e. The van der Waals surface area contributed by atoms with Crippen LogP contribution in [0.1, 0.15) is 55.0 Å². The van der Waals surface area contributed by atoms with E-state index in [2.05, 4.69) is 39.5 Å². The van der Waals surface area contributed by atoms with E-state index in [0.717, 1.165) is 40.1 Å². The average molecular weight is 492 g/mol. The van der Waals surface area contributed by atoms with Crippen LogP contribution in [0.4, 0.5) is 4.79 Å². The van der Waals surface area contributed by atoms with Crippen molar-refractivity contribution in [2.24, 2.45) is 5.41 Å². The third-order valence-corrected chi connectivity index (χ3v) is 7.34. The number of carbonyl (C=O) groups excluding carboxylic acids is 2. The predicted octanol–water partition coefficient (Wildman–Crippen LogP) is 4.32. The largest absolute Gasteiger partial charge is 0.450 e. The Morgan fingerprint density at radius 3 is 2.83 bits per heavy atom. The molecule has 2 aromatic heterocycles. The van der Waals surface area contributed by atoms with Crippen LogP contribution in [0.2, 0.25) is 0 Å². The zero-order valence-corrected chi connectivity index (χ0v) is 20.3. The first-order valence-electron chi connectivity index (χ1n) is 11.7. The van der Waals surface area contributed by atoms with E-state index in [1.807, 2.05) is 13.0 Å². The van der Waals surface area contributed by atoms with Crippen molar-refractivity contribution in [3.63, 3.8) is 0 Å². The Morgan fingerprint density at radius 2 is 2.11 bits per heavy atom. The quantitative estimate of drug-likeness (QED) is 0.456. The standard InChI is InChI=1S/C25H25N5O4S/c1-2-33-24(32)30-9-5-16(6-10-30)17-3-4-19-20(11-17)35-23(27-19)13-22-29-28-21(34-22)12-18(31)14-25(15-26)7-8-25/h3-5,11H,2,6-10,12-14H2,1H3. The molecular weight excluding hydrogens is 466 g/mol. The van der Waals surface area contributed by atoms with E-state index in [-0.39, 0.29) is 30.6 Å². The molecule has 0 N–H and O–H groups in total. The summed E-state index contributed by atoms with van der Waals surface area (Å²) in [4.78, 5) is 30.5. The van der Waals surface area contributed by atoms with Crippen LogP contribution in [-0.2, 0) is 22.4 Å². The molecule has 3 aromatic rings. The molecule has 2 aliphatic rings. The van der Waals surface area contributed by atoms with Crippen molar-refractivity contribution < 1.29 is 18.7 Å². The zero-order valence-electron chi connectivity index (χ0n) is 19.5. The normalized spacial score (nSPS) is 16.6. The van der Waals surface area contributed by atoms with Gasteiger partial charge >= 0.3 is 6.09 Å². The highest BCUT2D eigenvalue weighted by atomic mass is 32.1. The topological polar surface area (TPSA) is 122 Å². The van der Waals surface area contributed by atoms with Gasteiger partial charge in [0.1, 0.15) is 10.8 Å². The van der Waals surface area contributed by atoms with Crippen molar-refractivity contribution in [2.45, 2.75) is 45.4 Å². The summed E-state index contributed by atoms with van der Waals surface area (Å²) in [6, 6.07) is 8.43.